The highest BCUT2D eigenvalue weighted by atomic mass is 35.5. The van der Waals surface area contributed by atoms with E-state index in [0.29, 0.717) is 25.4 Å². The van der Waals surface area contributed by atoms with Crippen molar-refractivity contribution in [1.29, 1.82) is 0 Å². The summed E-state index contributed by atoms with van der Waals surface area (Å²) < 4.78 is 0. The van der Waals surface area contributed by atoms with Gasteiger partial charge in [0.15, 0.2) is 0 Å². The Kier molecular flexibility index (Phi) is 9.69. The van der Waals surface area contributed by atoms with Gasteiger partial charge in [0.25, 0.3) is 0 Å². The van der Waals surface area contributed by atoms with Gasteiger partial charge in [-0.25, -0.2) is 0 Å². The number of carbonyl (C=O) groups is 3. The van der Waals surface area contributed by atoms with Crippen molar-refractivity contribution >= 4 is 30.2 Å². The zero-order valence-electron chi connectivity index (χ0n) is 17.2. The number of piperidine rings is 2. The van der Waals surface area contributed by atoms with Gasteiger partial charge in [-0.05, 0) is 76.3 Å². The summed E-state index contributed by atoms with van der Waals surface area (Å²) in [4.78, 5) is 37.9. The molecule has 0 bridgehead atoms. The van der Waals surface area contributed by atoms with Crippen molar-refractivity contribution in [3.8, 4) is 0 Å². The molecule has 2 heterocycles. The highest BCUT2D eigenvalue weighted by Gasteiger charge is 2.32. The topological polar surface area (TPSA) is 98.7 Å². The summed E-state index contributed by atoms with van der Waals surface area (Å²) in [5.74, 6) is 0.421. The molecule has 0 aromatic heterocycles. The zero-order valence-corrected chi connectivity index (χ0v) is 18.1. The van der Waals surface area contributed by atoms with Gasteiger partial charge in [-0.15, -0.1) is 12.4 Å². The summed E-state index contributed by atoms with van der Waals surface area (Å²) in [6.45, 7) is 3.39. The molecule has 1 aliphatic carbocycles. The predicted molar refractivity (Wildman–Crippen MR) is 113 cm³/mol. The number of amides is 2. The summed E-state index contributed by atoms with van der Waals surface area (Å²) in [5, 5.41) is 15.4. The molecule has 3 rings (SSSR count). The van der Waals surface area contributed by atoms with Gasteiger partial charge in [-0.2, -0.15) is 0 Å². The fourth-order valence-corrected chi connectivity index (χ4v) is 4.98. The van der Waals surface area contributed by atoms with E-state index in [0.717, 1.165) is 64.5 Å². The first-order valence-corrected chi connectivity index (χ1v) is 11.0. The molecule has 0 unspecified atom stereocenters. The number of aliphatic carboxylic acids is 1. The monoisotopic (exact) mass is 429 g/mol. The Balaban J connectivity index is 0.00000300. The fourth-order valence-electron chi connectivity index (χ4n) is 4.98. The quantitative estimate of drug-likeness (QED) is 0.601. The van der Waals surface area contributed by atoms with Crippen LogP contribution in [0.4, 0.5) is 0 Å². The van der Waals surface area contributed by atoms with Crippen LogP contribution in [0.15, 0.2) is 0 Å². The minimum Gasteiger partial charge on any atom is -0.481 e. The highest BCUT2D eigenvalue weighted by Crippen LogP contribution is 2.29. The molecule has 7 nitrogen and oxygen atoms in total. The molecule has 2 aliphatic heterocycles. The fraction of sp³-hybridized carbons (Fsp3) is 0.857. The first kappa shape index (κ1) is 23.9. The van der Waals surface area contributed by atoms with E-state index in [2.05, 4.69) is 10.6 Å². The molecule has 166 valence electrons. The molecule has 1 saturated carbocycles. The van der Waals surface area contributed by atoms with Crippen molar-refractivity contribution in [2.75, 3.05) is 26.2 Å². The lowest BCUT2D eigenvalue weighted by atomic mass is 9.84. The molecular weight excluding hydrogens is 394 g/mol. The SMILES string of the molecule is Cl.O=C(O)CC1CCN(C(=O)C2CCC(NC(=O)CC3CCNCC3)CC2)CC1. The first-order chi connectivity index (χ1) is 13.5. The third-order valence-electron chi connectivity index (χ3n) is 6.76. The van der Waals surface area contributed by atoms with E-state index >= 15 is 0 Å². The first-order valence-electron chi connectivity index (χ1n) is 11.0. The van der Waals surface area contributed by atoms with Gasteiger partial charge in [-0.3, -0.25) is 14.4 Å². The number of nitrogens with one attached hydrogen (secondary N) is 2. The standard InChI is InChI=1S/C21H35N3O4.ClH/c25-19(13-15-5-9-22-10-6-15)23-18-3-1-17(2-4-18)21(28)24-11-7-16(8-12-24)14-20(26)27;/h15-18,22H,1-14H2,(H,23,25)(H,26,27);1H. The third kappa shape index (κ3) is 7.45. The predicted octanol–water partition coefficient (Wildman–Crippen LogP) is 2.19. The van der Waals surface area contributed by atoms with Crippen LogP contribution >= 0.6 is 12.4 Å². The van der Waals surface area contributed by atoms with Gasteiger partial charge >= 0.3 is 5.97 Å². The van der Waals surface area contributed by atoms with Crippen LogP contribution in [0.1, 0.15) is 64.2 Å². The lowest BCUT2D eigenvalue weighted by Crippen LogP contribution is -2.45. The molecule has 3 aliphatic rings. The second kappa shape index (κ2) is 11.7. The molecule has 3 fully saturated rings. The molecule has 0 aromatic carbocycles. The Morgan fingerprint density at radius 1 is 0.862 bits per heavy atom. The van der Waals surface area contributed by atoms with E-state index in [1.54, 1.807) is 0 Å². The van der Waals surface area contributed by atoms with Crippen molar-refractivity contribution in [1.82, 2.24) is 15.5 Å². The van der Waals surface area contributed by atoms with Crippen molar-refractivity contribution in [2.24, 2.45) is 17.8 Å². The normalized spacial score (nSPS) is 26.4. The van der Waals surface area contributed by atoms with Gasteiger partial charge in [0.05, 0.1) is 0 Å². The van der Waals surface area contributed by atoms with Crippen molar-refractivity contribution in [2.45, 2.75) is 70.3 Å². The minimum absolute atomic E-state index is 0. The van der Waals surface area contributed by atoms with E-state index in [1.165, 1.54) is 0 Å². The van der Waals surface area contributed by atoms with Crippen LogP contribution in [0.3, 0.4) is 0 Å². The Labute approximate surface area is 179 Å². The van der Waals surface area contributed by atoms with Crippen molar-refractivity contribution < 1.29 is 19.5 Å². The van der Waals surface area contributed by atoms with Gasteiger partial charge in [0.1, 0.15) is 0 Å². The largest absolute Gasteiger partial charge is 0.481 e. The molecule has 0 spiro atoms. The zero-order chi connectivity index (χ0) is 19.9. The number of carboxylic acid groups (broad SMARTS) is 1. The second-order valence-corrected chi connectivity index (χ2v) is 8.88. The lowest BCUT2D eigenvalue weighted by Gasteiger charge is -2.36. The number of hydrogen-bond acceptors (Lipinski definition) is 4. The van der Waals surface area contributed by atoms with Gasteiger partial charge < -0.3 is 20.6 Å². The maximum atomic E-state index is 12.8. The van der Waals surface area contributed by atoms with Crippen molar-refractivity contribution in [3.63, 3.8) is 0 Å². The summed E-state index contributed by atoms with van der Waals surface area (Å²) in [5.41, 5.74) is 0. The Morgan fingerprint density at radius 2 is 1.45 bits per heavy atom. The molecule has 0 radical (unpaired) electrons. The van der Waals surface area contributed by atoms with E-state index in [9.17, 15) is 14.4 Å². The van der Waals surface area contributed by atoms with Crippen LogP contribution < -0.4 is 10.6 Å². The van der Waals surface area contributed by atoms with Crippen LogP contribution in [0, 0.1) is 17.8 Å². The Morgan fingerprint density at radius 3 is 2.03 bits per heavy atom. The highest BCUT2D eigenvalue weighted by molar-refractivity contribution is 5.85. The van der Waals surface area contributed by atoms with Gasteiger partial charge in [-0.1, -0.05) is 0 Å². The third-order valence-corrected chi connectivity index (χ3v) is 6.76. The molecule has 29 heavy (non-hydrogen) atoms. The molecule has 0 atom stereocenters. The number of carboxylic acids is 1. The van der Waals surface area contributed by atoms with E-state index in [4.69, 9.17) is 5.11 Å². The number of carbonyl (C=O) groups excluding carboxylic acids is 2. The number of rotatable bonds is 6. The number of nitrogens with zero attached hydrogens (tertiary/aromatic N) is 1. The molecule has 8 heteroatoms. The van der Waals surface area contributed by atoms with Crippen LogP contribution in [0.2, 0.25) is 0 Å². The van der Waals surface area contributed by atoms with Gasteiger partial charge in [0.2, 0.25) is 11.8 Å². The Hall–Kier alpha value is -1.34. The van der Waals surface area contributed by atoms with Crippen LogP contribution in [0.25, 0.3) is 0 Å². The molecule has 0 aromatic rings. The molecular formula is C21H36ClN3O4. The molecule has 2 saturated heterocycles. The summed E-state index contributed by atoms with van der Waals surface area (Å²) in [6, 6.07) is 0.208. The van der Waals surface area contributed by atoms with E-state index < -0.39 is 5.97 Å². The minimum atomic E-state index is -0.745. The average Bonchev–Trinajstić information content (AvgIpc) is 2.69. The second-order valence-electron chi connectivity index (χ2n) is 8.88. The summed E-state index contributed by atoms with van der Waals surface area (Å²) >= 11 is 0. The number of likely N-dealkylation sites (tertiary alicyclic amines) is 1. The smallest absolute Gasteiger partial charge is 0.303 e. The van der Waals surface area contributed by atoms with Crippen LogP contribution in [-0.2, 0) is 14.4 Å². The summed E-state index contributed by atoms with van der Waals surface area (Å²) in [6.07, 6.45) is 8.03. The number of hydrogen-bond donors (Lipinski definition) is 3. The Bertz CT molecular complexity index is 552. The van der Waals surface area contributed by atoms with Crippen LogP contribution in [-0.4, -0.2) is 60.0 Å². The molecule has 3 N–H and O–H groups in total. The van der Waals surface area contributed by atoms with Gasteiger partial charge in [0, 0.05) is 37.9 Å². The lowest BCUT2D eigenvalue weighted by molar-refractivity contribution is -0.139. The average molecular weight is 430 g/mol. The number of halogens is 1. The van der Waals surface area contributed by atoms with Crippen LogP contribution in [0.5, 0.6) is 0 Å². The van der Waals surface area contributed by atoms with E-state index in [-0.39, 0.29) is 48.5 Å². The maximum Gasteiger partial charge on any atom is 0.303 e. The maximum absolute atomic E-state index is 12.8. The summed E-state index contributed by atoms with van der Waals surface area (Å²) in [7, 11) is 0. The van der Waals surface area contributed by atoms with E-state index in [1.807, 2.05) is 4.90 Å². The molecule has 2 amide bonds. The van der Waals surface area contributed by atoms with Crippen molar-refractivity contribution in [3.05, 3.63) is 0 Å².